The first-order valence-corrected chi connectivity index (χ1v) is 5.36. The minimum absolute atomic E-state index is 0.179. The molecule has 0 amide bonds. The van der Waals surface area contributed by atoms with E-state index in [4.69, 9.17) is 14.7 Å². The predicted molar refractivity (Wildman–Crippen MR) is 62.8 cm³/mol. The fraction of sp³-hybridized carbons (Fsp3) is 0.385. The van der Waals surface area contributed by atoms with E-state index in [1.807, 2.05) is 0 Å². The van der Waals surface area contributed by atoms with Gasteiger partial charge in [-0.05, 0) is 31.0 Å². The average Bonchev–Trinajstić information content (AvgIpc) is 2.31. The second-order valence-corrected chi connectivity index (χ2v) is 3.52. The smallest absolute Gasteiger partial charge is 0.310 e. The van der Waals surface area contributed by atoms with E-state index in [2.05, 4.69) is 6.07 Å². The lowest BCUT2D eigenvalue weighted by Crippen LogP contribution is -2.09. The summed E-state index contributed by atoms with van der Waals surface area (Å²) in [5.41, 5.74) is 2.02. The Morgan fingerprint density at radius 3 is 2.71 bits per heavy atom. The molecule has 0 heterocycles. The van der Waals surface area contributed by atoms with Gasteiger partial charge in [0, 0.05) is 0 Å². The number of esters is 1. The van der Waals surface area contributed by atoms with Crippen molar-refractivity contribution in [3.8, 4) is 11.8 Å². The van der Waals surface area contributed by atoms with E-state index in [1.54, 1.807) is 26.0 Å². The van der Waals surface area contributed by atoms with Gasteiger partial charge in [-0.3, -0.25) is 4.79 Å². The van der Waals surface area contributed by atoms with E-state index >= 15 is 0 Å². The van der Waals surface area contributed by atoms with Crippen LogP contribution in [0.2, 0.25) is 0 Å². The van der Waals surface area contributed by atoms with E-state index in [-0.39, 0.29) is 12.4 Å². The van der Waals surface area contributed by atoms with Crippen LogP contribution < -0.4 is 4.74 Å². The van der Waals surface area contributed by atoms with E-state index in [1.165, 1.54) is 7.11 Å². The van der Waals surface area contributed by atoms with Crippen LogP contribution in [0.4, 0.5) is 0 Å². The summed E-state index contributed by atoms with van der Waals surface area (Å²) in [5.74, 6) is 0.238. The second-order valence-electron chi connectivity index (χ2n) is 3.52. The van der Waals surface area contributed by atoms with Crippen LogP contribution >= 0.6 is 0 Å². The van der Waals surface area contributed by atoms with Crippen LogP contribution in [0, 0.1) is 18.3 Å². The molecule has 0 fully saturated rings. The van der Waals surface area contributed by atoms with Gasteiger partial charge in [0.2, 0.25) is 0 Å². The number of carbonyl (C=O) groups is 1. The zero-order valence-corrected chi connectivity index (χ0v) is 10.2. The highest BCUT2D eigenvalue weighted by molar-refractivity contribution is 5.73. The van der Waals surface area contributed by atoms with Gasteiger partial charge in [-0.15, -0.1) is 0 Å². The van der Waals surface area contributed by atoms with Crippen molar-refractivity contribution in [2.75, 3.05) is 13.7 Å². The molecule has 1 rings (SSSR count). The normalized spacial score (nSPS) is 9.53. The molecule has 0 atom stereocenters. The van der Waals surface area contributed by atoms with Crippen LogP contribution in [0.25, 0.3) is 0 Å². The fourth-order valence-corrected chi connectivity index (χ4v) is 1.60. The van der Waals surface area contributed by atoms with Gasteiger partial charge in [-0.1, -0.05) is 6.07 Å². The van der Waals surface area contributed by atoms with Crippen molar-refractivity contribution in [1.29, 1.82) is 5.26 Å². The molecule has 0 unspecified atom stereocenters. The number of methoxy groups -OCH3 is 1. The molecule has 0 aromatic heterocycles. The molecule has 0 saturated carbocycles. The lowest BCUT2D eigenvalue weighted by molar-refractivity contribution is -0.142. The van der Waals surface area contributed by atoms with Crippen molar-refractivity contribution < 1.29 is 14.3 Å². The molecule has 0 aliphatic heterocycles. The molecule has 0 radical (unpaired) electrons. The van der Waals surface area contributed by atoms with E-state index in [0.29, 0.717) is 17.9 Å². The van der Waals surface area contributed by atoms with Gasteiger partial charge >= 0.3 is 5.97 Å². The Hall–Kier alpha value is -2.02. The first kappa shape index (κ1) is 13.0. The highest BCUT2D eigenvalue weighted by Crippen LogP contribution is 2.24. The fourth-order valence-electron chi connectivity index (χ4n) is 1.60. The monoisotopic (exact) mass is 233 g/mol. The Morgan fingerprint density at radius 2 is 2.18 bits per heavy atom. The molecule has 17 heavy (non-hydrogen) atoms. The average molecular weight is 233 g/mol. The third-order valence-electron chi connectivity index (χ3n) is 2.51. The maximum Gasteiger partial charge on any atom is 0.310 e. The molecule has 0 N–H and O–H groups in total. The summed E-state index contributed by atoms with van der Waals surface area (Å²) in [7, 11) is 1.51. The van der Waals surface area contributed by atoms with Gasteiger partial charge in [0.15, 0.2) is 0 Å². The third-order valence-corrected chi connectivity index (χ3v) is 2.51. The van der Waals surface area contributed by atoms with Gasteiger partial charge in [-0.25, -0.2) is 0 Å². The standard InChI is InChI=1S/C13H15NO3/c1-4-17-13(15)7-10-5-6-12(16-3)11(8-14)9(10)2/h5-6H,4,7H2,1-3H3. The number of hydrogen-bond acceptors (Lipinski definition) is 4. The molecular weight excluding hydrogens is 218 g/mol. The van der Waals surface area contributed by atoms with Crippen LogP contribution in [0.15, 0.2) is 12.1 Å². The first-order valence-electron chi connectivity index (χ1n) is 5.36. The number of benzene rings is 1. The molecule has 0 bridgehead atoms. The van der Waals surface area contributed by atoms with Gasteiger partial charge in [0.1, 0.15) is 11.8 Å². The zero-order chi connectivity index (χ0) is 12.8. The van der Waals surface area contributed by atoms with Crippen LogP contribution in [0.3, 0.4) is 0 Å². The predicted octanol–water partition coefficient (Wildman–Crippen LogP) is 1.98. The lowest BCUT2D eigenvalue weighted by atomic mass is 10.00. The molecule has 1 aromatic carbocycles. The highest BCUT2D eigenvalue weighted by Gasteiger charge is 2.13. The first-order chi connectivity index (χ1) is 8.13. The summed E-state index contributed by atoms with van der Waals surface area (Å²) < 4.78 is 9.96. The molecular formula is C13H15NO3. The molecule has 0 aliphatic rings. The summed E-state index contributed by atoms with van der Waals surface area (Å²) >= 11 is 0. The minimum Gasteiger partial charge on any atom is -0.495 e. The van der Waals surface area contributed by atoms with Crippen molar-refractivity contribution in [3.05, 3.63) is 28.8 Å². The molecule has 1 aromatic rings. The maximum absolute atomic E-state index is 11.4. The second kappa shape index (κ2) is 5.90. The van der Waals surface area contributed by atoms with Crippen molar-refractivity contribution >= 4 is 5.97 Å². The molecule has 4 nitrogen and oxygen atoms in total. The maximum atomic E-state index is 11.4. The Kier molecular flexibility index (Phi) is 4.53. The number of rotatable bonds is 4. The third kappa shape index (κ3) is 2.97. The van der Waals surface area contributed by atoms with Crippen molar-refractivity contribution in [2.45, 2.75) is 20.3 Å². The van der Waals surface area contributed by atoms with Gasteiger partial charge in [0.25, 0.3) is 0 Å². The molecule has 0 aliphatic carbocycles. The molecule has 90 valence electrons. The molecule has 0 spiro atoms. The quantitative estimate of drug-likeness (QED) is 0.746. The van der Waals surface area contributed by atoms with E-state index < -0.39 is 0 Å². The summed E-state index contributed by atoms with van der Waals surface area (Å²) in [5, 5.41) is 9.05. The van der Waals surface area contributed by atoms with E-state index in [0.717, 1.165) is 11.1 Å². The van der Waals surface area contributed by atoms with Crippen molar-refractivity contribution in [2.24, 2.45) is 0 Å². The number of nitrogens with zero attached hydrogens (tertiary/aromatic N) is 1. The van der Waals surface area contributed by atoms with Crippen LogP contribution in [0.1, 0.15) is 23.6 Å². The minimum atomic E-state index is -0.287. The topological polar surface area (TPSA) is 59.3 Å². The van der Waals surface area contributed by atoms with Gasteiger partial charge < -0.3 is 9.47 Å². The highest BCUT2D eigenvalue weighted by atomic mass is 16.5. The lowest BCUT2D eigenvalue weighted by Gasteiger charge is -2.10. The van der Waals surface area contributed by atoms with Crippen LogP contribution in [-0.2, 0) is 16.0 Å². The summed E-state index contributed by atoms with van der Waals surface area (Å²) in [6.07, 6.45) is 0.179. The Bertz CT molecular complexity index is 460. The molecule has 4 heteroatoms. The van der Waals surface area contributed by atoms with Crippen molar-refractivity contribution in [3.63, 3.8) is 0 Å². The van der Waals surface area contributed by atoms with Crippen molar-refractivity contribution in [1.82, 2.24) is 0 Å². The Balaban J connectivity index is 3.04. The number of hydrogen-bond donors (Lipinski definition) is 0. The van der Waals surface area contributed by atoms with Crippen LogP contribution in [0.5, 0.6) is 5.75 Å². The summed E-state index contributed by atoms with van der Waals surface area (Å²) in [6.45, 7) is 3.92. The van der Waals surface area contributed by atoms with Gasteiger partial charge in [-0.2, -0.15) is 5.26 Å². The number of ether oxygens (including phenoxy) is 2. The zero-order valence-electron chi connectivity index (χ0n) is 10.2. The SMILES string of the molecule is CCOC(=O)Cc1ccc(OC)c(C#N)c1C. The van der Waals surface area contributed by atoms with E-state index in [9.17, 15) is 4.79 Å². The number of nitriles is 1. The summed E-state index contributed by atoms with van der Waals surface area (Å²) in [6, 6.07) is 5.56. The summed E-state index contributed by atoms with van der Waals surface area (Å²) in [4.78, 5) is 11.4. The van der Waals surface area contributed by atoms with Gasteiger partial charge in [0.05, 0.1) is 25.7 Å². The molecule has 0 saturated heterocycles. The van der Waals surface area contributed by atoms with Crippen LogP contribution in [-0.4, -0.2) is 19.7 Å². The Morgan fingerprint density at radius 1 is 1.47 bits per heavy atom. The largest absolute Gasteiger partial charge is 0.495 e. The number of carbonyl (C=O) groups excluding carboxylic acids is 1. The Labute approximate surface area is 101 Å².